The second-order valence-corrected chi connectivity index (χ2v) is 4.28. The van der Waals surface area contributed by atoms with Crippen molar-refractivity contribution in [3.8, 4) is 0 Å². The Morgan fingerprint density at radius 3 is 2.64 bits per heavy atom. The Kier molecular flexibility index (Phi) is 2.75. The summed E-state index contributed by atoms with van der Waals surface area (Å²) in [6, 6.07) is 2.43. The Bertz CT molecular complexity index is 284. The topological polar surface area (TPSA) is 43.8 Å². The molecule has 0 atom stereocenters. The van der Waals surface area contributed by atoms with Crippen LogP contribution in [0.1, 0.15) is 45.1 Å². The second-order valence-electron chi connectivity index (χ2n) is 4.28. The maximum atomic E-state index is 5.84. The summed E-state index contributed by atoms with van der Waals surface area (Å²) in [5.41, 5.74) is 5.84. The summed E-state index contributed by atoms with van der Waals surface area (Å²) < 4.78 is 1.99. The lowest BCUT2D eigenvalue weighted by molar-refractivity contribution is 0.258. The highest BCUT2D eigenvalue weighted by Crippen LogP contribution is 2.34. The van der Waals surface area contributed by atoms with E-state index in [1.165, 1.54) is 32.1 Å². The van der Waals surface area contributed by atoms with Gasteiger partial charge in [0.2, 0.25) is 0 Å². The van der Waals surface area contributed by atoms with Gasteiger partial charge < -0.3 is 5.73 Å². The standard InChI is InChI=1S/C11H19N3/c1-2-9-3-5-10(6-4-9)14-11(12)7-8-13-14/h7-10H,2-6,12H2,1H3. The van der Waals surface area contributed by atoms with E-state index < -0.39 is 0 Å². The van der Waals surface area contributed by atoms with Crippen LogP contribution in [0.2, 0.25) is 0 Å². The van der Waals surface area contributed by atoms with Gasteiger partial charge in [0.1, 0.15) is 5.82 Å². The van der Waals surface area contributed by atoms with Crippen LogP contribution in [0.15, 0.2) is 12.3 Å². The molecule has 2 rings (SSSR count). The predicted molar refractivity (Wildman–Crippen MR) is 57.9 cm³/mol. The van der Waals surface area contributed by atoms with E-state index in [2.05, 4.69) is 12.0 Å². The zero-order valence-corrected chi connectivity index (χ0v) is 8.82. The van der Waals surface area contributed by atoms with Crippen LogP contribution in [0.4, 0.5) is 5.82 Å². The molecular weight excluding hydrogens is 174 g/mol. The summed E-state index contributed by atoms with van der Waals surface area (Å²) in [6.45, 7) is 2.28. The molecule has 0 saturated heterocycles. The molecule has 0 aromatic carbocycles. The summed E-state index contributed by atoms with van der Waals surface area (Å²) in [6.07, 6.45) is 8.26. The number of hydrogen-bond donors (Lipinski definition) is 1. The van der Waals surface area contributed by atoms with Crippen molar-refractivity contribution in [3.05, 3.63) is 12.3 Å². The number of anilines is 1. The van der Waals surface area contributed by atoms with Crippen molar-refractivity contribution in [2.45, 2.75) is 45.1 Å². The van der Waals surface area contributed by atoms with Crippen molar-refractivity contribution in [3.63, 3.8) is 0 Å². The summed E-state index contributed by atoms with van der Waals surface area (Å²) in [7, 11) is 0. The first-order chi connectivity index (χ1) is 6.81. The van der Waals surface area contributed by atoms with Crippen molar-refractivity contribution < 1.29 is 0 Å². The molecule has 0 aliphatic heterocycles. The fourth-order valence-electron chi connectivity index (χ4n) is 2.43. The molecule has 1 saturated carbocycles. The van der Waals surface area contributed by atoms with Crippen LogP contribution in [0.25, 0.3) is 0 Å². The van der Waals surface area contributed by atoms with E-state index in [0.717, 1.165) is 11.7 Å². The van der Waals surface area contributed by atoms with Crippen molar-refractivity contribution in [1.82, 2.24) is 9.78 Å². The Balaban J connectivity index is 1.99. The smallest absolute Gasteiger partial charge is 0.121 e. The van der Waals surface area contributed by atoms with Crippen molar-refractivity contribution in [2.24, 2.45) is 5.92 Å². The quantitative estimate of drug-likeness (QED) is 0.784. The molecule has 2 N–H and O–H groups in total. The zero-order valence-electron chi connectivity index (χ0n) is 8.82. The molecule has 0 spiro atoms. The maximum Gasteiger partial charge on any atom is 0.121 e. The monoisotopic (exact) mass is 193 g/mol. The van der Waals surface area contributed by atoms with Gasteiger partial charge in [-0.1, -0.05) is 13.3 Å². The molecule has 0 amide bonds. The minimum atomic E-state index is 0.549. The normalized spacial score (nSPS) is 27.8. The molecule has 1 aliphatic carbocycles. The lowest BCUT2D eigenvalue weighted by atomic mass is 9.84. The molecule has 1 fully saturated rings. The molecule has 1 aromatic heterocycles. The number of nitrogens with zero attached hydrogens (tertiary/aromatic N) is 2. The van der Waals surface area contributed by atoms with Gasteiger partial charge in [-0.2, -0.15) is 5.10 Å². The highest BCUT2D eigenvalue weighted by atomic mass is 15.3. The minimum Gasteiger partial charge on any atom is -0.384 e. The lowest BCUT2D eigenvalue weighted by Gasteiger charge is -2.28. The van der Waals surface area contributed by atoms with Gasteiger partial charge in [0.25, 0.3) is 0 Å². The molecule has 14 heavy (non-hydrogen) atoms. The predicted octanol–water partition coefficient (Wildman–Crippen LogP) is 2.61. The van der Waals surface area contributed by atoms with E-state index in [1.807, 2.05) is 10.7 Å². The molecule has 0 bridgehead atoms. The van der Waals surface area contributed by atoms with E-state index in [4.69, 9.17) is 5.73 Å². The third kappa shape index (κ3) is 1.76. The van der Waals surface area contributed by atoms with Crippen LogP contribution < -0.4 is 5.73 Å². The SMILES string of the molecule is CCC1CCC(n2nccc2N)CC1. The first-order valence-corrected chi connectivity index (χ1v) is 5.60. The number of nitrogen functional groups attached to an aromatic ring is 1. The molecular formula is C11H19N3. The average molecular weight is 193 g/mol. The second kappa shape index (κ2) is 4.03. The first kappa shape index (κ1) is 9.56. The van der Waals surface area contributed by atoms with Gasteiger partial charge in [0, 0.05) is 0 Å². The largest absolute Gasteiger partial charge is 0.384 e. The van der Waals surface area contributed by atoms with Crippen molar-refractivity contribution in [1.29, 1.82) is 0 Å². The minimum absolute atomic E-state index is 0.549. The van der Waals surface area contributed by atoms with Crippen LogP contribution in [-0.2, 0) is 0 Å². The summed E-state index contributed by atoms with van der Waals surface area (Å²) in [4.78, 5) is 0. The first-order valence-electron chi connectivity index (χ1n) is 5.60. The fourth-order valence-corrected chi connectivity index (χ4v) is 2.43. The molecule has 1 aromatic rings. The molecule has 3 heteroatoms. The van der Waals surface area contributed by atoms with Gasteiger partial charge in [0.05, 0.1) is 12.2 Å². The van der Waals surface area contributed by atoms with Gasteiger partial charge in [0.15, 0.2) is 0 Å². The fraction of sp³-hybridized carbons (Fsp3) is 0.727. The van der Waals surface area contributed by atoms with Crippen LogP contribution in [0, 0.1) is 5.92 Å². The van der Waals surface area contributed by atoms with Gasteiger partial charge in [-0.3, -0.25) is 0 Å². The van der Waals surface area contributed by atoms with E-state index in [1.54, 1.807) is 6.20 Å². The Labute approximate surface area is 85.3 Å². The van der Waals surface area contributed by atoms with Gasteiger partial charge in [-0.25, -0.2) is 4.68 Å². The molecule has 78 valence electrons. The number of aromatic nitrogens is 2. The van der Waals surface area contributed by atoms with Crippen LogP contribution >= 0.6 is 0 Å². The van der Waals surface area contributed by atoms with Crippen LogP contribution in [0.3, 0.4) is 0 Å². The molecule has 3 nitrogen and oxygen atoms in total. The van der Waals surface area contributed by atoms with Crippen molar-refractivity contribution >= 4 is 5.82 Å². The van der Waals surface area contributed by atoms with Crippen LogP contribution in [0.5, 0.6) is 0 Å². The highest BCUT2D eigenvalue weighted by molar-refractivity contribution is 5.26. The lowest BCUT2D eigenvalue weighted by Crippen LogP contribution is -2.19. The maximum absolute atomic E-state index is 5.84. The number of nitrogens with two attached hydrogens (primary N) is 1. The van der Waals surface area contributed by atoms with E-state index >= 15 is 0 Å². The van der Waals surface area contributed by atoms with E-state index in [-0.39, 0.29) is 0 Å². The Morgan fingerprint density at radius 2 is 2.14 bits per heavy atom. The molecule has 1 aliphatic rings. The van der Waals surface area contributed by atoms with Crippen molar-refractivity contribution in [2.75, 3.05) is 5.73 Å². The van der Waals surface area contributed by atoms with Gasteiger partial charge in [-0.15, -0.1) is 0 Å². The number of hydrogen-bond acceptors (Lipinski definition) is 2. The van der Waals surface area contributed by atoms with Gasteiger partial charge in [-0.05, 0) is 37.7 Å². The summed E-state index contributed by atoms with van der Waals surface area (Å²) in [5.74, 6) is 1.74. The Hall–Kier alpha value is -0.990. The average Bonchev–Trinajstić information content (AvgIpc) is 2.65. The van der Waals surface area contributed by atoms with E-state index in [0.29, 0.717) is 6.04 Å². The Morgan fingerprint density at radius 1 is 1.43 bits per heavy atom. The molecule has 0 unspecified atom stereocenters. The third-order valence-corrected chi connectivity index (χ3v) is 3.44. The highest BCUT2D eigenvalue weighted by Gasteiger charge is 2.22. The molecule has 0 radical (unpaired) electrons. The summed E-state index contributed by atoms with van der Waals surface area (Å²) >= 11 is 0. The van der Waals surface area contributed by atoms with Gasteiger partial charge >= 0.3 is 0 Å². The van der Waals surface area contributed by atoms with Crippen LogP contribution in [-0.4, -0.2) is 9.78 Å². The number of rotatable bonds is 2. The third-order valence-electron chi connectivity index (χ3n) is 3.44. The summed E-state index contributed by atoms with van der Waals surface area (Å²) in [5, 5.41) is 4.28. The molecule has 1 heterocycles. The van der Waals surface area contributed by atoms with E-state index in [9.17, 15) is 0 Å². The zero-order chi connectivity index (χ0) is 9.97.